The molecule has 2 aromatic heterocycles. The number of halogens is 1. The van der Waals surface area contributed by atoms with Crippen LogP contribution < -0.4 is 5.32 Å². The molecule has 5 nitrogen and oxygen atoms in total. The van der Waals surface area contributed by atoms with Crippen molar-refractivity contribution in [2.45, 2.75) is 38.3 Å². The highest BCUT2D eigenvalue weighted by Gasteiger charge is 2.59. The minimum absolute atomic E-state index is 0.00304. The number of aromatic nitrogens is 3. The number of carbonyl (C=O) groups is 1. The summed E-state index contributed by atoms with van der Waals surface area (Å²) in [4.78, 5) is 21.4. The summed E-state index contributed by atoms with van der Waals surface area (Å²) in [5.74, 6) is 1.96. The lowest BCUT2D eigenvalue weighted by Crippen LogP contribution is -2.37. The van der Waals surface area contributed by atoms with Crippen molar-refractivity contribution in [3.05, 3.63) is 59.6 Å². The van der Waals surface area contributed by atoms with E-state index in [-0.39, 0.29) is 11.9 Å². The molecule has 0 saturated heterocycles. The van der Waals surface area contributed by atoms with Gasteiger partial charge in [0.15, 0.2) is 0 Å². The highest BCUT2D eigenvalue weighted by Crippen LogP contribution is 2.62. The molecule has 28 heavy (non-hydrogen) atoms. The molecule has 0 bridgehead atoms. The number of benzene rings is 1. The quantitative estimate of drug-likeness (QED) is 0.693. The molecule has 0 radical (unpaired) electrons. The van der Waals surface area contributed by atoms with Crippen LogP contribution in [-0.4, -0.2) is 26.5 Å². The van der Waals surface area contributed by atoms with E-state index in [2.05, 4.69) is 26.8 Å². The van der Waals surface area contributed by atoms with Crippen molar-refractivity contribution in [2.24, 2.45) is 17.8 Å². The van der Waals surface area contributed by atoms with Gasteiger partial charge >= 0.3 is 0 Å². The summed E-state index contributed by atoms with van der Waals surface area (Å²) in [6, 6.07) is 9.78. The van der Waals surface area contributed by atoms with Crippen LogP contribution in [0.4, 0.5) is 0 Å². The van der Waals surface area contributed by atoms with E-state index in [1.165, 1.54) is 0 Å². The highest BCUT2D eigenvalue weighted by molar-refractivity contribution is 6.30. The molecule has 6 heteroatoms. The van der Waals surface area contributed by atoms with Crippen LogP contribution in [0.15, 0.2) is 49.1 Å². The van der Waals surface area contributed by atoms with Crippen molar-refractivity contribution in [3.8, 4) is 0 Å². The average Bonchev–Trinajstić information content (AvgIpc) is 3.07. The van der Waals surface area contributed by atoms with Crippen LogP contribution in [0.3, 0.4) is 0 Å². The lowest BCUT2D eigenvalue weighted by molar-refractivity contribution is 0.0927. The van der Waals surface area contributed by atoms with Crippen molar-refractivity contribution in [2.75, 3.05) is 0 Å². The molecule has 2 aliphatic carbocycles. The van der Waals surface area contributed by atoms with Crippen LogP contribution in [0.5, 0.6) is 0 Å². The molecular weight excluding hydrogens is 372 g/mol. The number of nitrogens with one attached hydrogen (secondary N) is 1. The first-order chi connectivity index (χ1) is 13.7. The Morgan fingerprint density at radius 3 is 2.71 bits per heavy atom. The standard InChI is InChI=1S/C22H23ClN4O/c1-2-18(26-22(28)13-3-5-14(23)6-4-13)21-16-9-15(10-17(16)21)27-12-25-19-7-8-24-11-20(19)27/h3-8,11-12,15-18,21H,2,9-10H2,1H3,(H,26,28)/t15-,16-,17+,18?,21+. The predicted octanol–water partition coefficient (Wildman–Crippen LogP) is 4.49. The number of amides is 1. The van der Waals surface area contributed by atoms with E-state index < -0.39 is 0 Å². The fourth-order valence-electron chi connectivity index (χ4n) is 5.17. The monoisotopic (exact) mass is 394 g/mol. The maximum atomic E-state index is 12.6. The zero-order valence-corrected chi connectivity index (χ0v) is 16.5. The van der Waals surface area contributed by atoms with E-state index in [4.69, 9.17) is 11.6 Å². The minimum Gasteiger partial charge on any atom is -0.349 e. The third kappa shape index (κ3) is 2.98. The number of rotatable bonds is 5. The zero-order chi connectivity index (χ0) is 19.3. The highest BCUT2D eigenvalue weighted by atomic mass is 35.5. The molecule has 3 aromatic rings. The molecule has 2 fully saturated rings. The Labute approximate surface area is 169 Å². The van der Waals surface area contributed by atoms with E-state index in [0.29, 0.717) is 34.4 Å². The van der Waals surface area contributed by atoms with Gasteiger partial charge in [0, 0.05) is 28.9 Å². The summed E-state index contributed by atoms with van der Waals surface area (Å²) in [6.07, 6.45) is 8.92. The summed E-state index contributed by atoms with van der Waals surface area (Å²) < 4.78 is 2.29. The molecule has 2 aliphatic rings. The third-order valence-corrected chi connectivity index (χ3v) is 6.84. The summed E-state index contributed by atoms with van der Waals surface area (Å²) in [5, 5.41) is 3.91. The van der Waals surface area contributed by atoms with E-state index >= 15 is 0 Å². The molecule has 0 aliphatic heterocycles. The van der Waals surface area contributed by atoms with Gasteiger partial charge in [-0.15, -0.1) is 0 Å². The van der Waals surface area contributed by atoms with Crippen LogP contribution in [0, 0.1) is 17.8 Å². The summed E-state index contributed by atoms with van der Waals surface area (Å²) in [5.41, 5.74) is 2.80. The molecule has 0 spiro atoms. The van der Waals surface area contributed by atoms with Gasteiger partial charge in [-0.05, 0) is 67.3 Å². The first-order valence-electron chi connectivity index (χ1n) is 9.98. The molecule has 1 amide bonds. The molecule has 1 unspecified atom stereocenters. The van der Waals surface area contributed by atoms with E-state index in [1.54, 1.807) is 30.5 Å². The number of hydrogen-bond acceptors (Lipinski definition) is 3. The Kier molecular flexibility index (Phi) is 4.35. The van der Waals surface area contributed by atoms with Crippen LogP contribution in [-0.2, 0) is 0 Å². The molecule has 144 valence electrons. The SMILES string of the molecule is CCC(NC(=O)c1ccc(Cl)cc1)[C@H]1[C@@H]2C[C@@H](n3cnc4ccncc43)C[C@@H]21. The topological polar surface area (TPSA) is 59.8 Å². The fourth-order valence-corrected chi connectivity index (χ4v) is 5.30. The lowest BCUT2D eigenvalue weighted by atomic mass is 9.99. The van der Waals surface area contributed by atoms with Crippen LogP contribution in [0.1, 0.15) is 42.6 Å². The molecule has 2 heterocycles. The second-order valence-corrected chi connectivity index (χ2v) is 8.48. The van der Waals surface area contributed by atoms with Crippen molar-refractivity contribution in [3.63, 3.8) is 0 Å². The molecule has 2 saturated carbocycles. The number of carbonyl (C=O) groups excluding carboxylic acids is 1. The van der Waals surface area contributed by atoms with Crippen molar-refractivity contribution >= 4 is 28.5 Å². The number of fused-ring (bicyclic) bond motifs is 2. The first kappa shape index (κ1) is 17.7. The predicted molar refractivity (Wildman–Crippen MR) is 109 cm³/mol. The Morgan fingerprint density at radius 1 is 1.25 bits per heavy atom. The van der Waals surface area contributed by atoms with Gasteiger partial charge < -0.3 is 9.88 Å². The first-order valence-corrected chi connectivity index (χ1v) is 10.4. The van der Waals surface area contributed by atoms with Crippen molar-refractivity contribution < 1.29 is 4.79 Å². The largest absolute Gasteiger partial charge is 0.349 e. The number of nitrogens with zero attached hydrogens (tertiary/aromatic N) is 3. The second kappa shape index (κ2) is 6.89. The smallest absolute Gasteiger partial charge is 0.251 e. The Hall–Kier alpha value is -2.40. The minimum atomic E-state index is -0.00304. The van der Waals surface area contributed by atoms with Crippen LogP contribution in [0.25, 0.3) is 11.0 Å². The number of imidazole rings is 1. The molecule has 5 atom stereocenters. The van der Waals surface area contributed by atoms with Gasteiger partial charge in [0.1, 0.15) is 0 Å². The fraction of sp³-hybridized carbons (Fsp3) is 0.409. The van der Waals surface area contributed by atoms with E-state index in [1.807, 2.05) is 18.6 Å². The summed E-state index contributed by atoms with van der Waals surface area (Å²) >= 11 is 5.92. The summed E-state index contributed by atoms with van der Waals surface area (Å²) in [7, 11) is 0. The lowest BCUT2D eigenvalue weighted by Gasteiger charge is -2.22. The van der Waals surface area contributed by atoms with E-state index in [0.717, 1.165) is 30.3 Å². The normalized spacial score (nSPS) is 26.8. The maximum absolute atomic E-state index is 12.6. The zero-order valence-electron chi connectivity index (χ0n) is 15.8. The van der Waals surface area contributed by atoms with Gasteiger partial charge in [0.05, 0.1) is 23.6 Å². The maximum Gasteiger partial charge on any atom is 0.251 e. The molecule has 5 rings (SSSR count). The third-order valence-electron chi connectivity index (χ3n) is 6.58. The number of hydrogen-bond donors (Lipinski definition) is 1. The van der Waals surface area contributed by atoms with Crippen molar-refractivity contribution in [1.29, 1.82) is 0 Å². The average molecular weight is 395 g/mol. The molecule has 1 N–H and O–H groups in total. The number of pyridine rings is 1. The van der Waals surface area contributed by atoms with Crippen LogP contribution in [0.2, 0.25) is 5.02 Å². The molecular formula is C22H23ClN4O. The summed E-state index contributed by atoms with van der Waals surface area (Å²) in [6.45, 7) is 2.16. The van der Waals surface area contributed by atoms with Gasteiger partial charge in [-0.1, -0.05) is 18.5 Å². The van der Waals surface area contributed by atoms with Crippen molar-refractivity contribution in [1.82, 2.24) is 19.9 Å². The van der Waals surface area contributed by atoms with Gasteiger partial charge in [-0.25, -0.2) is 4.98 Å². The molecule has 1 aromatic carbocycles. The Morgan fingerprint density at radius 2 is 2.00 bits per heavy atom. The van der Waals surface area contributed by atoms with Crippen LogP contribution >= 0.6 is 11.6 Å². The Bertz CT molecular complexity index is 1000. The van der Waals surface area contributed by atoms with Gasteiger partial charge in [-0.2, -0.15) is 0 Å². The van der Waals surface area contributed by atoms with Gasteiger partial charge in [0.2, 0.25) is 0 Å². The van der Waals surface area contributed by atoms with E-state index in [9.17, 15) is 4.79 Å². The second-order valence-electron chi connectivity index (χ2n) is 8.04. The van der Waals surface area contributed by atoms with Gasteiger partial charge in [0.25, 0.3) is 5.91 Å². The van der Waals surface area contributed by atoms with Gasteiger partial charge in [-0.3, -0.25) is 9.78 Å². The Balaban J connectivity index is 1.24.